The number of carbonyl (C=O) groups excluding carboxylic acids is 1. The largest absolute Gasteiger partial charge is 0.461 e. The van der Waals surface area contributed by atoms with E-state index in [9.17, 15) is 9.18 Å². The number of hydrogen-bond acceptors (Lipinski definition) is 3. The van der Waals surface area contributed by atoms with Crippen molar-refractivity contribution in [2.45, 2.75) is 26.7 Å². The van der Waals surface area contributed by atoms with Gasteiger partial charge in [-0.05, 0) is 43.2 Å². The van der Waals surface area contributed by atoms with Crippen LogP contribution in [-0.4, -0.2) is 22.4 Å². The third kappa shape index (κ3) is 2.87. The number of benzene rings is 1. The quantitative estimate of drug-likeness (QED) is 0.805. The molecule has 5 heteroatoms. The molecule has 4 nitrogen and oxygen atoms in total. The summed E-state index contributed by atoms with van der Waals surface area (Å²) >= 11 is 0. The standard InChI is InChI=1S/C15H17FN2O2/c1-4-20-15(19)14-9-13(10(2)3)17-18(14)12-7-5-11(16)6-8-12/h5-10H,4H2,1-3H3. The number of halogens is 1. The van der Waals surface area contributed by atoms with Gasteiger partial charge in [0.15, 0.2) is 5.69 Å². The summed E-state index contributed by atoms with van der Waals surface area (Å²) in [6.45, 7) is 6.03. The van der Waals surface area contributed by atoms with Gasteiger partial charge in [0.1, 0.15) is 5.82 Å². The topological polar surface area (TPSA) is 44.1 Å². The molecule has 20 heavy (non-hydrogen) atoms. The van der Waals surface area contributed by atoms with E-state index in [1.165, 1.54) is 16.8 Å². The van der Waals surface area contributed by atoms with E-state index in [0.717, 1.165) is 5.69 Å². The molecule has 0 bridgehead atoms. The molecular weight excluding hydrogens is 259 g/mol. The summed E-state index contributed by atoms with van der Waals surface area (Å²) in [6, 6.07) is 7.54. The molecule has 2 rings (SSSR count). The lowest BCUT2D eigenvalue weighted by Crippen LogP contribution is -2.11. The Bertz CT molecular complexity index is 603. The third-order valence-electron chi connectivity index (χ3n) is 2.88. The Morgan fingerprint density at radius 1 is 1.35 bits per heavy atom. The van der Waals surface area contributed by atoms with Crippen molar-refractivity contribution < 1.29 is 13.9 Å². The van der Waals surface area contributed by atoms with Crippen molar-refractivity contribution >= 4 is 5.97 Å². The fourth-order valence-electron chi connectivity index (χ4n) is 1.81. The van der Waals surface area contributed by atoms with E-state index in [4.69, 9.17) is 4.74 Å². The number of ether oxygens (including phenoxy) is 1. The highest BCUT2D eigenvalue weighted by atomic mass is 19.1. The van der Waals surface area contributed by atoms with E-state index in [1.807, 2.05) is 13.8 Å². The Morgan fingerprint density at radius 2 is 2.00 bits per heavy atom. The third-order valence-corrected chi connectivity index (χ3v) is 2.88. The Morgan fingerprint density at radius 3 is 2.55 bits per heavy atom. The Hall–Kier alpha value is -2.17. The molecule has 0 saturated carbocycles. The van der Waals surface area contributed by atoms with E-state index in [1.54, 1.807) is 25.1 Å². The van der Waals surface area contributed by atoms with Crippen LogP contribution in [0.5, 0.6) is 0 Å². The first-order valence-corrected chi connectivity index (χ1v) is 6.56. The maximum absolute atomic E-state index is 13.0. The molecule has 0 fully saturated rings. The molecule has 106 valence electrons. The molecule has 0 atom stereocenters. The number of rotatable bonds is 4. The van der Waals surface area contributed by atoms with Crippen LogP contribution in [0.15, 0.2) is 30.3 Å². The lowest BCUT2D eigenvalue weighted by atomic mass is 10.1. The van der Waals surface area contributed by atoms with Gasteiger partial charge >= 0.3 is 5.97 Å². The van der Waals surface area contributed by atoms with Crippen molar-refractivity contribution in [3.05, 3.63) is 47.5 Å². The van der Waals surface area contributed by atoms with Crippen LogP contribution < -0.4 is 0 Å². The van der Waals surface area contributed by atoms with Crippen molar-refractivity contribution in [1.29, 1.82) is 0 Å². The minimum atomic E-state index is -0.434. The number of hydrogen-bond donors (Lipinski definition) is 0. The highest BCUT2D eigenvalue weighted by Gasteiger charge is 2.19. The van der Waals surface area contributed by atoms with Crippen molar-refractivity contribution in [3.63, 3.8) is 0 Å². The molecule has 1 heterocycles. The summed E-state index contributed by atoms with van der Waals surface area (Å²) in [6.07, 6.45) is 0. The van der Waals surface area contributed by atoms with E-state index in [0.29, 0.717) is 18.0 Å². The van der Waals surface area contributed by atoms with Gasteiger partial charge in [0.05, 0.1) is 18.0 Å². The number of esters is 1. The van der Waals surface area contributed by atoms with Gasteiger partial charge in [-0.25, -0.2) is 13.9 Å². The summed E-state index contributed by atoms with van der Waals surface area (Å²) in [5.41, 5.74) is 1.76. The molecule has 0 radical (unpaired) electrons. The average molecular weight is 276 g/mol. The zero-order valence-electron chi connectivity index (χ0n) is 11.8. The predicted octanol–water partition coefficient (Wildman–Crippen LogP) is 3.31. The van der Waals surface area contributed by atoms with Gasteiger partial charge in [0.2, 0.25) is 0 Å². The minimum absolute atomic E-state index is 0.185. The van der Waals surface area contributed by atoms with Gasteiger partial charge in [-0.2, -0.15) is 5.10 Å². The zero-order valence-corrected chi connectivity index (χ0v) is 11.8. The number of nitrogens with zero attached hydrogens (tertiary/aromatic N) is 2. The van der Waals surface area contributed by atoms with E-state index in [-0.39, 0.29) is 11.7 Å². The second-order valence-corrected chi connectivity index (χ2v) is 4.72. The summed E-state index contributed by atoms with van der Waals surface area (Å²) in [4.78, 5) is 12.0. The summed E-state index contributed by atoms with van der Waals surface area (Å²) in [5.74, 6) is -0.580. The van der Waals surface area contributed by atoms with Crippen LogP contribution in [-0.2, 0) is 4.74 Å². The first kappa shape index (κ1) is 14.2. The smallest absolute Gasteiger partial charge is 0.357 e. The van der Waals surface area contributed by atoms with Crippen LogP contribution in [0.25, 0.3) is 5.69 Å². The molecule has 1 aromatic carbocycles. The summed E-state index contributed by atoms with van der Waals surface area (Å²) < 4.78 is 19.5. The normalized spacial score (nSPS) is 10.8. The molecule has 0 aliphatic carbocycles. The molecule has 0 spiro atoms. The predicted molar refractivity (Wildman–Crippen MR) is 73.6 cm³/mol. The highest BCUT2D eigenvalue weighted by molar-refractivity contribution is 5.88. The lowest BCUT2D eigenvalue weighted by molar-refractivity contribution is 0.0515. The molecule has 0 amide bonds. The van der Waals surface area contributed by atoms with Gasteiger partial charge in [-0.3, -0.25) is 0 Å². The van der Waals surface area contributed by atoms with Gasteiger partial charge in [0.25, 0.3) is 0 Å². The molecule has 0 aliphatic rings. The monoisotopic (exact) mass is 276 g/mol. The van der Waals surface area contributed by atoms with Crippen LogP contribution >= 0.6 is 0 Å². The van der Waals surface area contributed by atoms with E-state index >= 15 is 0 Å². The second kappa shape index (κ2) is 5.86. The van der Waals surface area contributed by atoms with Crippen molar-refractivity contribution in [2.75, 3.05) is 6.61 Å². The van der Waals surface area contributed by atoms with Crippen LogP contribution in [0.4, 0.5) is 4.39 Å². The summed E-state index contributed by atoms with van der Waals surface area (Å²) in [7, 11) is 0. The van der Waals surface area contributed by atoms with Crippen molar-refractivity contribution in [2.24, 2.45) is 0 Å². The van der Waals surface area contributed by atoms with Crippen LogP contribution in [0, 0.1) is 5.82 Å². The lowest BCUT2D eigenvalue weighted by Gasteiger charge is -2.06. The Kier molecular flexibility index (Phi) is 4.17. The molecular formula is C15H17FN2O2. The van der Waals surface area contributed by atoms with Gasteiger partial charge in [-0.1, -0.05) is 13.8 Å². The van der Waals surface area contributed by atoms with Crippen LogP contribution in [0.3, 0.4) is 0 Å². The second-order valence-electron chi connectivity index (χ2n) is 4.72. The Balaban J connectivity index is 2.49. The van der Waals surface area contributed by atoms with Crippen molar-refractivity contribution in [3.8, 4) is 5.69 Å². The SMILES string of the molecule is CCOC(=O)c1cc(C(C)C)nn1-c1ccc(F)cc1. The molecule has 2 aromatic rings. The van der Waals surface area contributed by atoms with Gasteiger partial charge in [-0.15, -0.1) is 0 Å². The molecule has 0 N–H and O–H groups in total. The fraction of sp³-hybridized carbons (Fsp3) is 0.333. The number of carbonyl (C=O) groups is 1. The zero-order chi connectivity index (χ0) is 14.7. The average Bonchev–Trinajstić information content (AvgIpc) is 2.85. The maximum Gasteiger partial charge on any atom is 0.357 e. The minimum Gasteiger partial charge on any atom is -0.461 e. The fourth-order valence-corrected chi connectivity index (χ4v) is 1.81. The van der Waals surface area contributed by atoms with Gasteiger partial charge in [0, 0.05) is 0 Å². The van der Waals surface area contributed by atoms with E-state index in [2.05, 4.69) is 5.10 Å². The first-order valence-electron chi connectivity index (χ1n) is 6.56. The van der Waals surface area contributed by atoms with Crippen molar-refractivity contribution in [1.82, 2.24) is 9.78 Å². The molecule has 0 unspecified atom stereocenters. The van der Waals surface area contributed by atoms with Crippen LogP contribution in [0.1, 0.15) is 42.9 Å². The maximum atomic E-state index is 13.0. The van der Waals surface area contributed by atoms with Gasteiger partial charge < -0.3 is 4.74 Å². The van der Waals surface area contributed by atoms with E-state index < -0.39 is 5.97 Å². The summed E-state index contributed by atoms with van der Waals surface area (Å²) in [5, 5.41) is 4.41. The Labute approximate surface area is 117 Å². The number of aromatic nitrogens is 2. The molecule has 0 saturated heterocycles. The highest BCUT2D eigenvalue weighted by Crippen LogP contribution is 2.19. The first-order chi connectivity index (χ1) is 9.52. The molecule has 1 aromatic heterocycles. The molecule has 0 aliphatic heterocycles. The van der Waals surface area contributed by atoms with Crippen LogP contribution in [0.2, 0.25) is 0 Å².